The molecule has 6 heteroatoms. The summed E-state index contributed by atoms with van der Waals surface area (Å²) < 4.78 is 27.4. The maximum Gasteiger partial charge on any atom is 0.213 e. The maximum absolute atomic E-state index is 12.4. The van der Waals surface area contributed by atoms with E-state index in [1.165, 1.54) is 89.9 Å². The van der Waals surface area contributed by atoms with Crippen molar-refractivity contribution in [2.24, 2.45) is 0 Å². The molecule has 0 saturated carbocycles. The van der Waals surface area contributed by atoms with Crippen molar-refractivity contribution in [2.75, 3.05) is 46.5 Å². The van der Waals surface area contributed by atoms with E-state index in [1.807, 2.05) is 0 Å². The number of halogens is 1. The first-order valence-electron chi connectivity index (χ1n) is 13.5. The minimum Gasteiger partial charge on any atom is -0.329 e. The highest BCUT2D eigenvalue weighted by Crippen LogP contribution is 2.14. The summed E-state index contributed by atoms with van der Waals surface area (Å²) in [5.41, 5.74) is 0. The standard InChI is InChI=1S/C26H57N2O2S.HI/c1-6-8-9-10-11-12-13-14-15-16-17-18-19-20-21-22-26-31(29,30)27(3)24-23-25-28(4,5)7-2;/h6-26H2,1-5H3;1H/q+1;. The van der Waals surface area contributed by atoms with Gasteiger partial charge in [0, 0.05) is 20.0 Å². The van der Waals surface area contributed by atoms with Crippen molar-refractivity contribution >= 4 is 34.0 Å². The molecule has 0 aromatic rings. The van der Waals surface area contributed by atoms with Gasteiger partial charge in [0.05, 0.1) is 32.9 Å². The van der Waals surface area contributed by atoms with E-state index in [4.69, 9.17) is 0 Å². The number of hydrogen-bond donors (Lipinski definition) is 0. The highest BCUT2D eigenvalue weighted by Gasteiger charge is 2.18. The molecule has 4 nitrogen and oxygen atoms in total. The molecule has 0 spiro atoms. The largest absolute Gasteiger partial charge is 0.329 e. The molecular formula is C26H58IN2O2S+. The molecule has 0 amide bonds. The van der Waals surface area contributed by atoms with Gasteiger partial charge in [-0.15, -0.1) is 24.0 Å². The molecule has 196 valence electrons. The fraction of sp³-hybridized carbons (Fsp3) is 1.00. The monoisotopic (exact) mass is 589 g/mol. The summed E-state index contributed by atoms with van der Waals surface area (Å²) >= 11 is 0. The van der Waals surface area contributed by atoms with E-state index >= 15 is 0 Å². The van der Waals surface area contributed by atoms with Crippen LogP contribution < -0.4 is 0 Å². The van der Waals surface area contributed by atoms with Crippen molar-refractivity contribution in [3.8, 4) is 0 Å². The second kappa shape index (κ2) is 22.1. The minimum atomic E-state index is -3.08. The number of nitrogens with zero attached hydrogens (tertiary/aromatic N) is 2. The van der Waals surface area contributed by atoms with Crippen molar-refractivity contribution in [2.45, 2.75) is 123 Å². The molecule has 0 unspecified atom stereocenters. The van der Waals surface area contributed by atoms with E-state index in [1.54, 1.807) is 11.4 Å². The zero-order valence-electron chi connectivity index (χ0n) is 22.4. The van der Waals surface area contributed by atoms with E-state index in [0.29, 0.717) is 12.3 Å². The molecule has 0 heterocycles. The number of unbranched alkanes of at least 4 members (excludes halogenated alkanes) is 15. The summed E-state index contributed by atoms with van der Waals surface area (Å²) in [4.78, 5) is 0. The van der Waals surface area contributed by atoms with Gasteiger partial charge >= 0.3 is 0 Å². The number of quaternary nitrogens is 1. The smallest absolute Gasteiger partial charge is 0.213 e. The summed E-state index contributed by atoms with van der Waals surface area (Å²) in [5.74, 6) is 0.313. The number of sulfonamides is 1. The third-order valence-corrected chi connectivity index (χ3v) is 8.76. The van der Waals surface area contributed by atoms with Crippen molar-refractivity contribution in [3.63, 3.8) is 0 Å². The molecule has 0 N–H and O–H groups in total. The van der Waals surface area contributed by atoms with Gasteiger partial charge in [0.1, 0.15) is 0 Å². The van der Waals surface area contributed by atoms with Gasteiger partial charge in [-0.25, -0.2) is 12.7 Å². The Balaban J connectivity index is 0. The summed E-state index contributed by atoms with van der Waals surface area (Å²) in [7, 11) is 3.06. The molecule has 0 aromatic heterocycles. The Kier molecular flexibility index (Phi) is 24.0. The Bertz CT molecular complexity index is 498. The Morgan fingerprint density at radius 3 is 1.38 bits per heavy atom. The first-order valence-corrected chi connectivity index (χ1v) is 15.1. The van der Waals surface area contributed by atoms with E-state index in [2.05, 4.69) is 27.9 Å². The Morgan fingerprint density at radius 2 is 1.00 bits per heavy atom. The third kappa shape index (κ3) is 21.2. The third-order valence-electron chi connectivity index (χ3n) is 6.82. The second-order valence-corrected chi connectivity index (χ2v) is 12.5. The SMILES string of the molecule is CCCCCCCCCCCCCCCCCCS(=O)(=O)N(C)CCC[N+](C)(C)CC.I. The van der Waals surface area contributed by atoms with Gasteiger partial charge in [-0.2, -0.15) is 0 Å². The number of hydrogen-bond acceptors (Lipinski definition) is 2. The van der Waals surface area contributed by atoms with Gasteiger partial charge in [-0.3, -0.25) is 0 Å². The Morgan fingerprint density at radius 1 is 0.625 bits per heavy atom. The summed E-state index contributed by atoms with van der Waals surface area (Å²) in [6.07, 6.45) is 22.0. The van der Waals surface area contributed by atoms with Crippen molar-refractivity contribution in [1.29, 1.82) is 0 Å². The molecule has 0 atom stereocenters. The van der Waals surface area contributed by atoms with Crippen molar-refractivity contribution in [3.05, 3.63) is 0 Å². The highest BCUT2D eigenvalue weighted by molar-refractivity contribution is 14.0. The van der Waals surface area contributed by atoms with Crippen LogP contribution in [0.3, 0.4) is 0 Å². The maximum atomic E-state index is 12.4. The average molecular weight is 590 g/mol. The van der Waals surface area contributed by atoms with E-state index in [0.717, 1.165) is 36.8 Å². The van der Waals surface area contributed by atoms with Gasteiger partial charge in [0.25, 0.3) is 0 Å². The predicted molar refractivity (Wildman–Crippen MR) is 154 cm³/mol. The van der Waals surface area contributed by atoms with Crippen LogP contribution in [0.15, 0.2) is 0 Å². The Hall–Kier alpha value is 0.600. The van der Waals surface area contributed by atoms with Gasteiger partial charge in [0.15, 0.2) is 0 Å². The van der Waals surface area contributed by atoms with Crippen LogP contribution in [0, 0.1) is 0 Å². The quantitative estimate of drug-likeness (QED) is 0.0699. The highest BCUT2D eigenvalue weighted by atomic mass is 127. The fourth-order valence-electron chi connectivity index (χ4n) is 4.01. The molecule has 0 aliphatic heterocycles. The second-order valence-electron chi connectivity index (χ2n) is 10.3. The normalized spacial score (nSPS) is 12.3. The molecule has 32 heavy (non-hydrogen) atoms. The van der Waals surface area contributed by atoms with Crippen LogP contribution in [0.25, 0.3) is 0 Å². The summed E-state index contributed by atoms with van der Waals surface area (Å²) in [6.45, 7) is 7.20. The van der Waals surface area contributed by atoms with Crippen LogP contribution in [-0.4, -0.2) is 63.7 Å². The van der Waals surface area contributed by atoms with Gasteiger partial charge in [-0.05, 0) is 13.3 Å². The molecular weight excluding hydrogens is 531 g/mol. The zero-order chi connectivity index (χ0) is 23.4. The molecule has 0 bridgehead atoms. The minimum absolute atomic E-state index is 0. The average Bonchev–Trinajstić information content (AvgIpc) is 2.73. The molecule has 0 radical (unpaired) electrons. The lowest BCUT2D eigenvalue weighted by molar-refractivity contribution is -0.888. The van der Waals surface area contributed by atoms with Crippen LogP contribution >= 0.6 is 24.0 Å². The molecule has 0 rings (SSSR count). The van der Waals surface area contributed by atoms with Gasteiger partial charge in [-0.1, -0.05) is 103 Å². The lowest BCUT2D eigenvalue weighted by atomic mass is 10.0. The summed E-state index contributed by atoms with van der Waals surface area (Å²) in [5, 5.41) is 0. The van der Waals surface area contributed by atoms with E-state index in [9.17, 15) is 8.42 Å². The van der Waals surface area contributed by atoms with Gasteiger partial charge in [0.2, 0.25) is 10.0 Å². The van der Waals surface area contributed by atoms with Crippen molar-refractivity contribution in [1.82, 2.24) is 4.31 Å². The first-order chi connectivity index (χ1) is 14.7. The zero-order valence-corrected chi connectivity index (χ0v) is 25.5. The van der Waals surface area contributed by atoms with Crippen molar-refractivity contribution < 1.29 is 12.9 Å². The van der Waals surface area contributed by atoms with E-state index in [-0.39, 0.29) is 24.0 Å². The van der Waals surface area contributed by atoms with Crippen LogP contribution in [-0.2, 0) is 10.0 Å². The lowest BCUT2D eigenvalue weighted by Crippen LogP contribution is -2.41. The molecule has 0 aliphatic carbocycles. The summed E-state index contributed by atoms with van der Waals surface area (Å²) in [6, 6.07) is 0. The van der Waals surface area contributed by atoms with Crippen LogP contribution in [0.5, 0.6) is 0 Å². The first kappa shape index (κ1) is 34.8. The van der Waals surface area contributed by atoms with Crippen LogP contribution in [0.4, 0.5) is 0 Å². The van der Waals surface area contributed by atoms with E-state index < -0.39 is 10.0 Å². The molecule has 0 saturated heterocycles. The molecule has 0 fully saturated rings. The predicted octanol–water partition coefficient (Wildman–Crippen LogP) is 7.61. The van der Waals surface area contributed by atoms with Gasteiger partial charge < -0.3 is 4.48 Å². The lowest BCUT2D eigenvalue weighted by Gasteiger charge is -2.29. The molecule has 0 aromatic carbocycles. The molecule has 0 aliphatic rings. The van der Waals surface area contributed by atoms with Crippen LogP contribution in [0.2, 0.25) is 0 Å². The Labute approximate surface area is 219 Å². The topological polar surface area (TPSA) is 37.4 Å². The number of rotatable bonds is 23. The van der Waals surface area contributed by atoms with Crippen LogP contribution in [0.1, 0.15) is 123 Å². The fourth-order valence-corrected chi connectivity index (χ4v) is 5.29.